The van der Waals surface area contributed by atoms with Gasteiger partial charge < -0.3 is 0 Å². The highest BCUT2D eigenvalue weighted by molar-refractivity contribution is 5.40. The smallest absolute Gasteiger partial charge is 0.0158 e. The molecule has 0 heteroatoms. The Morgan fingerprint density at radius 2 is 2.15 bits per heavy atom. The molecule has 0 spiro atoms. The molecular formula is C13H16. The molecule has 0 nitrogen and oxygen atoms in total. The van der Waals surface area contributed by atoms with E-state index in [1.165, 1.54) is 10.8 Å². The number of hydrogen-bond acceptors (Lipinski definition) is 0. The van der Waals surface area contributed by atoms with Gasteiger partial charge in [0, 0.05) is 0 Å². The summed E-state index contributed by atoms with van der Waals surface area (Å²) in [6.07, 6.45) is 7.28. The Kier molecular flexibility index (Phi) is 3.51. The molecule has 1 aromatic rings. The molecule has 0 aliphatic carbocycles. The van der Waals surface area contributed by atoms with Crippen LogP contribution in [0.3, 0.4) is 0 Å². The van der Waals surface area contributed by atoms with Crippen LogP contribution in [0.4, 0.5) is 0 Å². The second-order valence-corrected chi connectivity index (χ2v) is 3.04. The van der Waals surface area contributed by atoms with E-state index in [9.17, 15) is 0 Å². The third-order valence-corrected chi connectivity index (χ3v) is 2.12. The molecule has 0 N–H and O–H groups in total. The van der Waals surface area contributed by atoms with E-state index in [2.05, 4.69) is 43.9 Å². The Hall–Kier alpha value is -1.30. The fraction of sp³-hybridized carbons (Fsp3) is 0.231. The minimum absolute atomic E-state index is 1.06. The molecule has 13 heavy (non-hydrogen) atoms. The van der Waals surface area contributed by atoms with Gasteiger partial charge in [-0.05, 0) is 29.3 Å². The molecule has 0 radical (unpaired) electrons. The lowest BCUT2D eigenvalue weighted by Gasteiger charge is -1.97. The number of hydrogen-bond donors (Lipinski definition) is 0. The average molecular weight is 172 g/mol. The molecule has 0 fully saturated rings. The predicted molar refractivity (Wildman–Crippen MR) is 59.9 cm³/mol. The first-order valence-corrected chi connectivity index (χ1v) is 4.69. The number of allylic oxidation sites excluding steroid dienone is 2. The van der Waals surface area contributed by atoms with Crippen molar-refractivity contribution in [3.8, 4) is 0 Å². The van der Waals surface area contributed by atoms with E-state index in [-0.39, 0.29) is 0 Å². The van der Waals surface area contributed by atoms with Gasteiger partial charge in [-0.3, -0.25) is 0 Å². The van der Waals surface area contributed by atoms with Crippen LogP contribution < -0.4 is 10.4 Å². The van der Waals surface area contributed by atoms with Crippen molar-refractivity contribution < 1.29 is 0 Å². The van der Waals surface area contributed by atoms with Gasteiger partial charge in [0.05, 0.1) is 0 Å². The second-order valence-electron chi connectivity index (χ2n) is 3.04. The minimum atomic E-state index is 1.06. The summed E-state index contributed by atoms with van der Waals surface area (Å²) in [5.41, 5.74) is 1.37. The van der Waals surface area contributed by atoms with E-state index in [4.69, 9.17) is 0 Å². The largest absolute Gasteiger partial charge is 0.0911 e. The maximum atomic E-state index is 4.02. The van der Waals surface area contributed by atoms with Crippen molar-refractivity contribution in [3.05, 3.63) is 46.4 Å². The topological polar surface area (TPSA) is 0 Å². The van der Waals surface area contributed by atoms with Gasteiger partial charge in [0.2, 0.25) is 0 Å². The summed E-state index contributed by atoms with van der Waals surface area (Å²) in [6.45, 7) is 8.21. The van der Waals surface area contributed by atoms with Crippen LogP contribution in [-0.2, 0) is 6.42 Å². The highest BCUT2D eigenvalue weighted by Gasteiger charge is 1.90. The highest BCUT2D eigenvalue weighted by atomic mass is 13.9. The van der Waals surface area contributed by atoms with Crippen molar-refractivity contribution >= 4 is 12.7 Å². The molecule has 0 atom stereocenters. The van der Waals surface area contributed by atoms with Crippen molar-refractivity contribution in [1.82, 2.24) is 0 Å². The lowest BCUT2D eigenvalue weighted by molar-refractivity contribution is 1.11. The number of benzene rings is 1. The molecule has 0 aliphatic heterocycles. The van der Waals surface area contributed by atoms with E-state index in [0.717, 1.165) is 11.6 Å². The molecule has 68 valence electrons. The Bertz CT molecular complexity index is 397. The number of rotatable bonds is 2. The van der Waals surface area contributed by atoms with Gasteiger partial charge in [-0.25, -0.2) is 0 Å². The van der Waals surface area contributed by atoms with Crippen LogP contribution in [0.1, 0.15) is 19.4 Å². The monoisotopic (exact) mass is 172 g/mol. The van der Waals surface area contributed by atoms with E-state index in [1.54, 1.807) is 0 Å². The lowest BCUT2D eigenvalue weighted by Crippen LogP contribution is -2.26. The van der Waals surface area contributed by atoms with Gasteiger partial charge in [-0.1, -0.05) is 49.9 Å². The van der Waals surface area contributed by atoms with E-state index >= 15 is 0 Å². The van der Waals surface area contributed by atoms with Gasteiger partial charge in [0.1, 0.15) is 0 Å². The predicted octanol–water partition coefficient (Wildman–Crippen LogP) is 2.02. The van der Waals surface area contributed by atoms with Crippen LogP contribution in [0.5, 0.6) is 0 Å². The van der Waals surface area contributed by atoms with Gasteiger partial charge in [-0.15, -0.1) is 0 Å². The van der Waals surface area contributed by atoms with Gasteiger partial charge in [0.25, 0.3) is 0 Å². The first-order chi connectivity index (χ1) is 6.29. The summed E-state index contributed by atoms with van der Waals surface area (Å²) < 4.78 is 0. The summed E-state index contributed by atoms with van der Waals surface area (Å²) >= 11 is 0. The molecule has 0 aromatic heterocycles. The maximum absolute atomic E-state index is 4.02. The summed E-state index contributed by atoms with van der Waals surface area (Å²) in [7, 11) is 0. The third kappa shape index (κ3) is 2.32. The lowest BCUT2D eigenvalue weighted by atomic mass is 10.1. The molecule has 0 saturated carbocycles. The average Bonchev–Trinajstić information content (AvgIpc) is 2.15. The van der Waals surface area contributed by atoms with Crippen molar-refractivity contribution in [3.63, 3.8) is 0 Å². The summed E-state index contributed by atoms with van der Waals surface area (Å²) in [5.74, 6) is 0. The van der Waals surface area contributed by atoms with Crippen LogP contribution in [-0.4, -0.2) is 0 Å². The van der Waals surface area contributed by atoms with Crippen LogP contribution in [0.25, 0.3) is 12.7 Å². The third-order valence-electron chi connectivity index (χ3n) is 2.12. The molecule has 1 aromatic carbocycles. The van der Waals surface area contributed by atoms with E-state index in [1.807, 2.05) is 13.0 Å². The van der Waals surface area contributed by atoms with Gasteiger partial charge in [-0.2, -0.15) is 0 Å². The number of aryl methyl sites for hydroxylation is 1. The fourth-order valence-corrected chi connectivity index (χ4v) is 1.38. The molecule has 0 aliphatic rings. The van der Waals surface area contributed by atoms with E-state index < -0.39 is 0 Å². The van der Waals surface area contributed by atoms with Crippen LogP contribution in [0, 0.1) is 0 Å². The van der Waals surface area contributed by atoms with Crippen molar-refractivity contribution in [2.45, 2.75) is 20.3 Å². The standard InChI is InChI=1S/C13H16/c1-4-6-10-13-11(3)8-7-9-12(13)5-2/h4,6-10H,3,5H2,1-2H3/b6-4-,13-10+. The van der Waals surface area contributed by atoms with Crippen molar-refractivity contribution in [2.75, 3.05) is 0 Å². The van der Waals surface area contributed by atoms with E-state index in [0.29, 0.717) is 0 Å². The zero-order valence-electron chi connectivity index (χ0n) is 8.38. The van der Waals surface area contributed by atoms with Gasteiger partial charge in [0.15, 0.2) is 0 Å². The SMILES string of the molecule is C=c1cccc(CC)/c1=C/C=C\C. The zero-order valence-corrected chi connectivity index (χ0v) is 8.38. The first kappa shape index (κ1) is 9.79. The van der Waals surface area contributed by atoms with Crippen LogP contribution >= 0.6 is 0 Å². The molecule has 0 bridgehead atoms. The molecule has 0 unspecified atom stereocenters. The highest BCUT2D eigenvalue weighted by Crippen LogP contribution is 1.89. The molecule has 0 saturated heterocycles. The molecule has 1 rings (SSSR count). The molecular weight excluding hydrogens is 156 g/mol. The fourth-order valence-electron chi connectivity index (χ4n) is 1.38. The molecule has 0 amide bonds. The zero-order chi connectivity index (χ0) is 9.68. The summed E-state index contributed by atoms with van der Waals surface area (Å²) in [6, 6.07) is 6.27. The quantitative estimate of drug-likeness (QED) is 0.640. The first-order valence-electron chi connectivity index (χ1n) is 4.69. The van der Waals surface area contributed by atoms with Gasteiger partial charge >= 0.3 is 0 Å². The molecule has 0 heterocycles. The summed E-state index contributed by atoms with van der Waals surface area (Å²) in [4.78, 5) is 0. The maximum Gasteiger partial charge on any atom is -0.0158 e. The Labute approximate surface area is 79.9 Å². The second kappa shape index (κ2) is 4.66. The summed E-state index contributed by atoms with van der Waals surface area (Å²) in [5, 5.41) is 2.38. The van der Waals surface area contributed by atoms with Crippen LogP contribution in [0.2, 0.25) is 0 Å². The Morgan fingerprint density at radius 1 is 1.38 bits per heavy atom. The van der Waals surface area contributed by atoms with Crippen molar-refractivity contribution in [2.24, 2.45) is 0 Å². The minimum Gasteiger partial charge on any atom is -0.0911 e. The van der Waals surface area contributed by atoms with Crippen molar-refractivity contribution in [1.29, 1.82) is 0 Å². The Morgan fingerprint density at radius 3 is 2.77 bits per heavy atom. The normalized spacial score (nSPS) is 12.6. The van der Waals surface area contributed by atoms with Crippen LogP contribution in [0.15, 0.2) is 30.4 Å². The Balaban J connectivity index is 3.40.